The number of amides is 1. The number of nitro benzene ring substituents is 1. The first kappa shape index (κ1) is 16.6. The monoisotopic (exact) mass is 324 g/mol. The first-order valence-electron chi connectivity index (χ1n) is 5.44. The van der Waals surface area contributed by atoms with Gasteiger partial charge < -0.3 is 10.4 Å². The van der Waals surface area contributed by atoms with Gasteiger partial charge in [0, 0.05) is 6.07 Å². The van der Waals surface area contributed by atoms with E-state index in [1.807, 2.05) is 0 Å². The molecule has 0 bridgehead atoms. The molecule has 0 aliphatic rings. The van der Waals surface area contributed by atoms with Crippen LogP contribution in [0.2, 0.25) is 0 Å². The van der Waals surface area contributed by atoms with Gasteiger partial charge in [0.05, 0.1) is 16.5 Å². The molecule has 0 saturated heterocycles. The molecule has 0 aliphatic carbocycles. The van der Waals surface area contributed by atoms with Crippen LogP contribution in [0.25, 0.3) is 0 Å². The standard InChI is InChI=1S/C11H11Cl2FN2O4/c12-10(13)11(18)15-7(5-14)9(17)6-3-1-2-4-8(6)16(19)20/h1-4,7,9-10,17H,5H2,(H,15,18). The number of nitrogens with zero attached hydrogens (tertiary/aromatic N) is 1. The van der Waals surface area contributed by atoms with Crippen molar-refractivity contribution in [3.8, 4) is 0 Å². The Bertz CT molecular complexity index is 501. The Kier molecular flexibility index (Phi) is 6.12. The van der Waals surface area contributed by atoms with Crippen LogP contribution in [0.3, 0.4) is 0 Å². The van der Waals surface area contributed by atoms with Crippen LogP contribution in [-0.2, 0) is 4.79 Å². The topological polar surface area (TPSA) is 92.5 Å². The molecule has 0 saturated carbocycles. The molecule has 1 rings (SSSR count). The molecule has 1 aromatic carbocycles. The van der Waals surface area contributed by atoms with E-state index in [0.29, 0.717) is 0 Å². The molecule has 1 aromatic rings. The zero-order chi connectivity index (χ0) is 15.3. The number of hydrogen-bond acceptors (Lipinski definition) is 4. The summed E-state index contributed by atoms with van der Waals surface area (Å²) in [5, 5.41) is 22.9. The van der Waals surface area contributed by atoms with E-state index < -0.39 is 34.5 Å². The lowest BCUT2D eigenvalue weighted by Crippen LogP contribution is -2.43. The Morgan fingerprint density at radius 3 is 2.55 bits per heavy atom. The summed E-state index contributed by atoms with van der Waals surface area (Å²) < 4.78 is 12.9. The number of nitro groups is 1. The Morgan fingerprint density at radius 2 is 2.05 bits per heavy atom. The summed E-state index contributed by atoms with van der Waals surface area (Å²) in [5.74, 6) is -0.895. The molecule has 1 amide bonds. The van der Waals surface area contributed by atoms with Crippen molar-refractivity contribution in [1.82, 2.24) is 5.32 Å². The highest BCUT2D eigenvalue weighted by Crippen LogP contribution is 2.27. The molecular weight excluding hydrogens is 314 g/mol. The van der Waals surface area contributed by atoms with Crippen LogP contribution in [0.4, 0.5) is 10.1 Å². The van der Waals surface area contributed by atoms with E-state index in [1.165, 1.54) is 24.3 Å². The number of carbonyl (C=O) groups excluding carboxylic acids is 1. The molecule has 9 heteroatoms. The Hall–Kier alpha value is -1.44. The van der Waals surface area contributed by atoms with E-state index in [1.54, 1.807) is 0 Å². The van der Waals surface area contributed by atoms with Crippen LogP contribution < -0.4 is 5.32 Å². The molecule has 0 aliphatic heterocycles. The minimum absolute atomic E-state index is 0.110. The fourth-order valence-corrected chi connectivity index (χ4v) is 1.69. The second-order valence-electron chi connectivity index (χ2n) is 3.83. The fraction of sp³-hybridized carbons (Fsp3) is 0.364. The van der Waals surface area contributed by atoms with Gasteiger partial charge in [0.25, 0.3) is 11.6 Å². The summed E-state index contributed by atoms with van der Waals surface area (Å²) in [5.41, 5.74) is -0.484. The first-order valence-corrected chi connectivity index (χ1v) is 6.31. The number of alkyl halides is 3. The smallest absolute Gasteiger partial charge is 0.275 e. The fourth-order valence-electron chi connectivity index (χ4n) is 1.57. The van der Waals surface area contributed by atoms with Gasteiger partial charge in [-0.3, -0.25) is 14.9 Å². The number of benzene rings is 1. The van der Waals surface area contributed by atoms with E-state index >= 15 is 0 Å². The largest absolute Gasteiger partial charge is 0.386 e. The van der Waals surface area contributed by atoms with Gasteiger partial charge in [-0.15, -0.1) is 0 Å². The van der Waals surface area contributed by atoms with Crippen LogP contribution in [0.1, 0.15) is 11.7 Å². The molecule has 110 valence electrons. The summed E-state index contributed by atoms with van der Waals surface area (Å²) >= 11 is 10.6. The maximum Gasteiger partial charge on any atom is 0.275 e. The quantitative estimate of drug-likeness (QED) is 0.474. The van der Waals surface area contributed by atoms with Crippen LogP contribution in [0.5, 0.6) is 0 Å². The molecule has 2 unspecified atom stereocenters. The van der Waals surface area contributed by atoms with Crippen molar-refractivity contribution in [3.63, 3.8) is 0 Å². The van der Waals surface area contributed by atoms with Crippen LogP contribution in [0.15, 0.2) is 24.3 Å². The molecule has 2 N–H and O–H groups in total. The molecule has 0 spiro atoms. The zero-order valence-electron chi connectivity index (χ0n) is 10.0. The van der Waals surface area contributed by atoms with Crippen LogP contribution >= 0.6 is 23.2 Å². The maximum absolute atomic E-state index is 12.9. The second kappa shape index (κ2) is 7.37. The zero-order valence-corrected chi connectivity index (χ0v) is 11.5. The third-order valence-corrected chi connectivity index (χ3v) is 2.92. The number of aliphatic hydroxyl groups excluding tert-OH is 1. The average molecular weight is 325 g/mol. The van der Waals surface area contributed by atoms with Gasteiger partial charge >= 0.3 is 0 Å². The molecular formula is C11H11Cl2FN2O4. The normalized spacial score (nSPS) is 13.8. The second-order valence-corrected chi connectivity index (χ2v) is 4.93. The summed E-state index contributed by atoms with van der Waals surface area (Å²) in [6, 6.07) is 3.92. The maximum atomic E-state index is 12.9. The average Bonchev–Trinajstić information content (AvgIpc) is 2.43. The van der Waals surface area contributed by atoms with Crippen molar-refractivity contribution < 1.29 is 19.2 Å². The number of carbonyl (C=O) groups is 1. The third kappa shape index (κ3) is 4.03. The predicted molar refractivity (Wildman–Crippen MR) is 71.5 cm³/mol. The molecule has 6 nitrogen and oxygen atoms in total. The highest BCUT2D eigenvalue weighted by Gasteiger charge is 2.29. The van der Waals surface area contributed by atoms with Crippen molar-refractivity contribution in [2.24, 2.45) is 0 Å². The molecule has 0 aromatic heterocycles. The van der Waals surface area contributed by atoms with Crippen LogP contribution in [-0.4, -0.2) is 33.5 Å². The Morgan fingerprint density at radius 1 is 1.45 bits per heavy atom. The highest BCUT2D eigenvalue weighted by atomic mass is 35.5. The van der Waals surface area contributed by atoms with E-state index in [2.05, 4.69) is 5.32 Å². The van der Waals surface area contributed by atoms with E-state index in [4.69, 9.17) is 23.2 Å². The number of nitrogens with one attached hydrogen (secondary N) is 1. The van der Waals surface area contributed by atoms with E-state index in [-0.39, 0.29) is 11.3 Å². The van der Waals surface area contributed by atoms with E-state index in [9.17, 15) is 24.4 Å². The third-order valence-electron chi connectivity index (χ3n) is 2.53. The number of halogens is 3. The molecule has 2 atom stereocenters. The van der Waals surface area contributed by atoms with Crippen molar-refractivity contribution in [2.45, 2.75) is 17.0 Å². The predicted octanol–water partition coefficient (Wildman–Crippen LogP) is 1.89. The highest BCUT2D eigenvalue weighted by molar-refractivity contribution is 6.53. The summed E-state index contributed by atoms with van der Waals surface area (Å²) in [6.07, 6.45) is -1.60. The van der Waals surface area contributed by atoms with Crippen molar-refractivity contribution >= 4 is 34.8 Å². The number of rotatable bonds is 6. The van der Waals surface area contributed by atoms with Gasteiger partial charge in [-0.1, -0.05) is 35.3 Å². The number of aliphatic hydroxyl groups is 1. The van der Waals surface area contributed by atoms with Gasteiger partial charge in [0.1, 0.15) is 12.8 Å². The van der Waals surface area contributed by atoms with Gasteiger partial charge in [-0.2, -0.15) is 0 Å². The summed E-state index contributed by atoms with van der Waals surface area (Å²) in [7, 11) is 0. The molecule has 0 radical (unpaired) electrons. The van der Waals surface area contributed by atoms with Gasteiger partial charge in [-0.05, 0) is 6.07 Å². The lowest BCUT2D eigenvalue weighted by Gasteiger charge is -2.21. The molecule has 20 heavy (non-hydrogen) atoms. The summed E-state index contributed by atoms with van der Waals surface area (Å²) in [6.45, 7) is -1.14. The minimum Gasteiger partial charge on any atom is -0.386 e. The van der Waals surface area contributed by atoms with E-state index in [0.717, 1.165) is 0 Å². The van der Waals surface area contributed by atoms with Gasteiger partial charge in [-0.25, -0.2) is 4.39 Å². The number of hydrogen-bond donors (Lipinski definition) is 2. The lowest BCUT2D eigenvalue weighted by atomic mass is 10.0. The van der Waals surface area contributed by atoms with Crippen molar-refractivity contribution in [3.05, 3.63) is 39.9 Å². The first-order chi connectivity index (χ1) is 9.38. The SMILES string of the molecule is O=C(NC(CF)C(O)c1ccccc1[N+](=O)[O-])C(Cl)Cl. The van der Waals surface area contributed by atoms with Crippen molar-refractivity contribution in [1.29, 1.82) is 0 Å². The van der Waals surface area contributed by atoms with Gasteiger partial charge in [0.2, 0.25) is 0 Å². The Labute approximate surface area is 123 Å². The molecule has 0 fully saturated rings. The summed E-state index contributed by atoms with van der Waals surface area (Å²) in [4.78, 5) is 20.0. The minimum atomic E-state index is -1.60. The van der Waals surface area contributed by atoms with Gasteiger partial charge in [0.15, 0.2) is 4.84 Å². The van der Waals surface area contributed by atoms with Crippen LogP contribution in [0, 0.1) is 10.1 Å². The lowest BCUT2D eigenvalue weighted by molar-refractivity contribution is -0.386. The Balaban J connectivity index is 2.99. The number of para-hydroxylation sites is 1. The van der Waals surface area contributed by atoms with Crippen molar-refractivity contribution in [2.75, 3.05) is 6.67 Å². The molecule has 0 heterocycles.